The van der Waals surface area contributed by atoms with Gasteiger partial charge in [-0.2, -0.15) is 0 Å². The van der Waals surface area contributed by atoms with Crippen molar-refractivity contribution in [2.45, 2.75) is 33.1 Å². The van der Waals surface area contributed by atoms with Gasteiger partial charge in [0.05, 0.1) is 5.92 Å². The monoisotopic (exact) mass is 156 g/mol. The molecule has 0 amide bonds. The quantitative estimate of drug-likeness (QED) is 0.592. The van der Waals surface area contributed by atoms with Crippen molar-refractivity contribution in [2.75, 3.05) is 0 Å². The van der Waals surface area contributed by atoms with Crippen molar-refractivity contribution < 1.29 is 9.90 Å². The van der Waals surface area contributed by atoms with Crippen LogP contribution in [0.25, 0.3) is 0 Å². The number of hydrogen-bond acceptors (Lipinski definition) is 1. The molecule has 0 aromatic rings. The van der Waals surface area contributed by atoms with Gasteiger partial charge in [0, 0.05) is 0 Å². The molecular formula is C9H16O2. The van der Waals surface area contributed by atoms with Crippen LogP contribution in [0, 0.1) is 5.92 Å². The third-order valence-corrected chi connectivity index (χ3v) is 1.62. The first kappa shape index (κ1) is 10.2. The van der Waals surface area contributed by atoms with Crippen LogP contribution in [-0.4, -0.2) is 11.1 Å². The smallest absolute Gasteiger partial charge is 0.306 e. The number of carboxylic acids is 1. The van der Waals surface area contributed by atoms with E-state index in [0.717, 1.165) is 19.3 Å². The summed E-state index contributed by atoms with van der Waals surface area (Å²) in [6, 6.07) is 0. The predicted molar refractivity (Wildman–Crippen MR) is 45.5 cm³/mol. The average molecular weight is 156 g/mol. The molecule has 0 saturated carbocycles. The van der Waals surface area contributed by atoms with E-state index in [2.05, 4.69) is 0 Å². The molecule has 1 aliphatic rings. The van der Waals surface area contributed by atoms with Crippen LogP contribution in [-0.2, 0) is 4.79 Å². The Morgan fingerprint density at radius 1 is 1.45 bits per heavy atom. The number of carbonyl (C=O) groups is 1. The summed E-state index contributed by atoms with van der Waals surface area (Å²) in [5, 5.41) is 8.50. The Hall–Kier alpha value is -0.790. The fraction of sp³-hybridized carbons (Fsp3) is 0.667. The number of hydrogen-bond donors (Lipinski definition) is 1. The van der Waals surface area contributed by atoms with Crippen molar-refractivity contribution in [3.05, 3.63) is 12.2 Å². The Bertz CT molecular complexity index is 138. The summed E-state index contributed by atoms with van der Waals surface area (Å²) in [6.45, 7) is 4.00. The predicted octanol–water partition coefficient (Wildman–Crippen LogP) is 2.45. The summed E-state index contributed by atoms with van der Waals surface area (Å²) in [4.78, 5) is 10.3. The van der Waals surface area contributed by atoms with Gasteiger partial charge in [-0.05, 0) is 19.3 Å². The van der Waals surface area contributed by atoms with Gasteiger partial charge in [-0.15, -0.1) is 0 Å². The first-order valence-corrected chi connectivity index (χ1v) is 4.18. The fourth-order valence-corrected chi connectivity index (χ4v) is 1.02. The van der Waals surface area contributed by atoms with E-state index in [4.69, 9.17) is 5.11 Å². The lowest BCUT2D eigenvalue weighted by molar-refractivity contribution is -0.141. The number of allylic oxidation sites excluding steroid dienone is 2. The molecule has 11 heavy (non-hydrogen) atoms. The SMILES string of the molecule is CC.O=C(O)C1CC=CCC1. The van der Waals surface area contributed by atoms with E-state index in [-0.39, 0.29) is 5.92 Å². The van der Waals surface area contributed by atoms with Gasteiger partial charge in [-0.1, -0.05) is 26.0 Å². The minimum absolute atomic E-state index is 0.116. The second-order valence-electron chi connectivity index (χ2n) is 2.32. The zero-order valence-corrected chi connectivity index (χ0v) is 7.21. The van der Waals surface area contributed by atoms with E-state index >= 15 is 0 Å². The van der Waals surface area contributed by atoms with Gasteiger partial charge in [0.15, 0.2) is 0 Å². The molecule has 0 aromatic carbocycles. The molecule has 0 heterocycles. The van der Waals surface area contributed by atoms with Gasteiger partial charge in [0.25, 0.3) is 0 Å². The lowest BCUT2D eigenvalue weighted by atomic mass is 9.95. The van der Waals surface area contributed by atoms with Crippen LogP contribution in [0.3, 0.4) is 0 Å². The Morgan fingerprint density at radius 3 is 2.36 bits per heavy atom. The van der Waals surface area contributed by atoms with Crippen molar-refractivity contribution in [2.24, 2.45) is 5.92 Å². The summed E-state index contributed by atoms with van der Waals surface area (Å²) in [5.41, 5.74) is 0. The zero-order valence-electron chi connectivity index (χ0n) is 7.21. The molecule has 0 spiro atoms. The molecule has 1 unspecified atom stereocenters. The minimum Gasteiger partial charge on any atom is -0.481 e. The highest BCUT2D eigenvalue weighted by Gasteiger charge is 2.16. The highest BCUT2D eigenvalue weighted by molar-refractivity contribution is 5.70. The summed E-state index contributed by atoms with van der Waals surface area (Å²) in [5.74, 6) is -0.769. The largest absolute Gasteiger partial charge is 0.481 e. The molecular weight excluding hydrogens is 140 g/mol. The van der Waals surface area contributed by atoms with Crippen LogP contribution in [0.5, 0.6) is 0 Å². The molecule has 1 atom stereocenters. The topological polar surface area (TPSA) is 37.3 Å². The maximum atomic E-state index is 10.3. The molecule has 0 aliphatic heterocycles. The van der Waals surface area contributed by atoms with E-state index in [1.54, 1.807) is 0 Å². The van der Waals surface area contributed by atoms with Gasteiger partial charge < -0.3 is 5.11 Å². The lowest BCUT2D eigenvalue weighted by Gasteiger charge is -2.11. The second-order valence-corrected chi connectivity index (χ2v) is 2.32. The molecule has 0 aromatic heterocycles. The van der Waals surface area contributed by atoms with Crippen molar-refractivity contribution in [1.82, 2.24) is 0 Å². The molecule has 2 nitrogen and oxygen atoms in total. The van der Waals surface area contributed by atoms with Crippen LogP contribution in [0.4, 0.5) is 0 Å². The standard InChI is InChI=1S/C7H10O2.C2H6/c8-7(9)6-4-2-1-3-5-6;1-2/h1-2,6H,3-5H2,(H,8,9);1-2H3. The fourth-order valence-electron chi connectivity index (χ4n) is 1.02. The Balaban J connectivity index is 0.000000461. The van der Waals surface area contributed by atoms with Crippen molar-refractivity contribution >= 4 is 5.97 Å². The zero-order chi connectivity index (χ0) is 8.69. The van der Waals surface area contributed by atoms with Crippen LogP contribution >= 0.6 is 0 Å². The van der Waals surface area contributed by atoms with Gasteiger partial charge in [0.1, 0.15) is 0 Å². The van der Waals surface area contributed by atoms with Crippen LogP contribution < -0.4 is 0 Å². The summed E-state index contributed by atoms with van der Waals surface area (Å²) in [6.07, 6.45) is 6.44. The van der Waals surface area contributed by atoms with Gasteiger partial charge in [0.2, 0.25) is 0 Å². The van der Waals surface area contributed by atoms with Gasteiger partial charge in [-0.3, -0.25) is 4.79 Å². The number of carboxylic acid groups (broad SMARTS) is 1. The van der Waals surface area contributed by atoms with E-state index in [0.29, 0.717) is 0 Å². The average Bonchev–Trinajstić information content (AvgIpc) is 2.10. The molecule has 0 saturated heterocycles. The highest BCUT2D eigenvalue weighted by atomic mass is 16.4. The summed E-state index contributed by atoms with van der Waals surface area (Å²) >= 11 is 0. The third kappa shape index (κ3) is 3.81. The Kier molecular flexibility index (Phi) is 5.53. The van der Waals surface area contributed by atoms with E-state index in [9.17, 15) is 4.79 Å². The Morgan fingerprint density at radius 2 is 2.09 bits per heavy atom. The molecule has 0 fully saturated rings. The van der Waals surface area contributed by atoms with E-state index in [1.165, 1.54) is 0 Å². The maximum absolute atomic E-state index is 10.3. The van der Waals surface area contributed by atoms with Gasteiger partial charge in [-0.25, -0.2) is 0 Å². The molecule has 1 rings (SSSR count). The van der Waals surface area contributed by atoms with Crippen LogP contribution in [0.15, 0.2) is 12.2 Å². The first-order valence-electron chi connectivity index (χ1n) is 4.18. The Labute approximate surface area is 67.9 Å². The van der Waals surface area contributed by atoms with Gasteiger partial charge >= 0.3 is 5.97 Å². The number of aliphatic carboxylic acids is 1. The first-order chi connectivity index (χ1) is 5.30. The normalized spacial score (nSPS) is 21.8. The van der Waals surface area contributed by atoms with Crippen molar-refractivity contribution in [1.29, 1.82) is 0 Å². The molecule has 1 aliphatic carbocycles. The van der Waals surface area contributed by atoms with Crippen LogP contribution in [0.2, 0.25) is 0 Å². The third-order valence-electron chi connectivity index (χ3n) is 1.62. The van der Waals surface area contributed by atoms with Crippen molar-refractivity contribution in [3.63, 3.8) is 0 Å². The lowest BCUT2D eigenvalue weighted by Crippen LogP contribution is -2.13. The maximum Gasteiger partial charge on any atom is 0.306 e. The summed E-state index contributed by atoms with van der Waals surface area (Å²) < 4.78 is 0. The van der Waals surface area contributed by atoms with E-state index < -0.39 is 5.97 Å². The highest BCUT2D eigenvalue weighted by Crippen LogP contribution is 2.17. The van der Waals surface area contributed by atoms with Crippen LogP contribution in [0.1, 0.15) is 33.1 Å². The van der Waals surface area contributed by atoms with E-state index in [1.807, 2.05) is 26.0 Å². The summed E-state index contributed by atoms with van der Waals surface area (Å²) in [7, 11) is 0. The molecule has 64 valence electrons. The molecule has 2 heteroatoms. The second kappa shape index (κ2) is 5.96. The molecule has 0 bridgehead atoms. The number of rotatable bonds is 1. The minimum atomic E-state index is -0.653. The molecule has 1 N–H and O–H groups in total. The molecule has 0 radical (unpaired) electrons. The van der Waals surface area contributed by atoms with Crippen molar-refractivity contribution in [3.8, 4) is 0 Å².